The minimum absolute atomic E-state index is 0. The van der Waals surface area contributed by atoms with Crippen LogP contribution in [0.2, 0.25) is 0 Å². The van der Waals surface area contributed by atoms with Crippen molar-refractivity contribution in [2.45, 2.75) is 20.3 Å². The summed E-state index contributed by atoms with van der Waals surface area (Å²) in [6.07, 6.45) is 5.60. The maximum absolute atomic E-state index is 2.24. The van der Waals surface area contributed by atoms with Gasteiger partial charge in [0.1, 0.15) is 0 Å². The predicted molar refractivity (Wildman–Crippen MR) is 48.7 cm³/mol. The van der Waals surface area contributed by atoms with Gasteiger partial charge in [-0.3, -0.25) is 0 Å². The van der Waals surface area contributed by atoms with Gasteiger partial charge < -0.3 is 0 Å². The number of fused-ring (bicyclic) bond motifs is 1. The molecule has 2 rings (SSSR count). The molecule has 1 aromatic rings. The number of aryl methyl sites for hydroxylation is 2. The normalized spacial score (nSPS) is 12.5. The summed E-state index contributed by atoms with van der Waals surface area (Å²) in [6, 6.07) is 4.41. The first-order chi connectivity index (χ1) is 5.29. The van der Waals surface area contributed by atoms with E-state index in [0.717, 1.165) is 6.42 Å². The average molecular weight is 323 g/mol. The Hall–Kier alpha value is -0.170. The summed E-state index contributed by atoms with van der Waals surface area (Å²) in [7, 11) is 0. The quantitative estimate of drug-likeness (QED) is 0.644. The number of rotatable bonds is 0. The molecule has 12 heavy (non-hydrogen) atoms. The van der Waals surface area contributed by atoms with Gasteiger partial charge in [-0.15, -0.1) is 0 Å². The van der Waals surface area contributed by atoms with Crippen LogP contribution in [0.3, 0.4) is 0 Å². The Morgan fingerprint density at radius 1 is 1.08 bits per heavy atom. The van der Waals surface area contributed by atoms with E-state index in [2.05, 4.69) is 38.1 Å². The van der Waals surface area contributed by atoms with E-state index in [0.29, 0.717) is 0 Å². The Balaban J connectivity index is 0.000000720. The van der Waals surface area contributed by atoms with Gasteiger partial charge in [0.15, 0.2) is 0 Å². The van der Waals surface area contributed by atoms with Crippen LogP contribution in [0.15, 0.2) is 18.2 Å². The smallest absolute Gasteiger partial charge is 0 e. The van der Waals surface area contributed by atoms with Gasteiger partial charge in [0, 0.05) is 25.8 Å². The molecule has 0 saturated heterocycles. The van der Waals surface area contributed by atoms with Crippen molar-refractivity contribution in [3.63, 3.8) is 0 Å². The van der Waals surface area contributed by atoms with Gasteiger partial charge in [-0.05, 0) is 42.5 Å². The molecule has 0 N–H and O–H groups in total. The third-order valence-electron chi connectivity index (χ3n) is 2.42. The second-order valence-electron chi connectivity index (χ2n) is 3.20. The van der Waals surface area contributed by atoms with Gasteiger partial charge in [-0.1, -0.05) is 24.3 Å². The summed E-state index contributed by atoms with van der Waals surface area (Å²) in [5.74, 6) is 0. The standard InChI is InChI=1S/C11H12.Hf/c1-8-6-7-9(2)11-5-3-4-10(8)11;/h3-4,6-7H,5H2,1-2H3;. The second kappa shape index (κ2) is 3.69. The molecule has 0 aromatic heterocycles. The molecule has 0 heterocycles. The Morgan fingerprint density at radius 3 is 2.42 bits per heavy atom. The van der Waals surface area contributed by atoms with Crippen molar-refractivity contribution in [3.8, 4) is 0 Å². The zero-order valence-corrected chi connectivity index (χ0v) is 11.1. The third kappa shape index (κ3) is 1.47. The van der Waals surface area contributed by atoms with E-state index in [1.54, 1.807) is 0 Å². The largest absolute Gasteiger partial charge is 0.0795 e. The van der Waals surface area contributed by atoms with Gasteiger partial charge in [0.25, 0.3) is 0 Å². The number of benzene rings is 1. The average Bonchev–Trinajstić information content (AvgIpc) is 2.45. The molecule has 0 fully saturated rings. The molecular formula is C11H12Hf. The van der Waals surface area contributed by atoms with Crippen LogP contribution in [0, 0.1) is 13.8 Å². The summed E-state index contributed by atoms with van der Waals surface area (Å²) in [6.45, 7) is 4.36. The first-order valence-corrected chi connectivity index (χ1v) is 4.04. The maximum atomic E-state index is 2.24. The molecule has 1 aromatic carbocycles. The van der Waals surface area contributed by atoms with E-state index in [1.807, 2.05) is 0 Å². The Kier molecular flexibility index (Phi) is 3.05. The summed E-state index contributed by atoms with van der Waals surface area (Å²) in [4.78, 5) is 0. The zero-order chi connectivity index (χ0) is 7.84. The number of hydrogen-bond acceptors (Lipinski definition) is 0. The minimum atomic E-state index is 0. The van der Waals surface area contributed by atoms with Crippen LogP contribution in [-0.4, -0.2) is 0 Å². The summed E-state index contributed by atoms with van der Waals surface area (Å²) in [5, 5.41) is 0. The minimum Gasteiger partial charge on any atom is -0.0795 e. The second-order valence-corrected chi connectivity index (χ2v) is 3.20. The molecule has 0 unspecified atom stereocenters. The fourth-order valence-electron chi connectivity index (χ4n) is 1.69. The van der Waals surface area contributed by atoms with Gasteiger partial charge in [0.2, 0.25) is 0 Å². The first-order valence-electron chi connectivity index (χ1n) is 4.04. The topological polar surface area (TPSA) is 0 Å². The third-order valence-corrected chi connectivity index (χ3v) is 2.42. The van der Waals surface area contributed by atoms with E-state index < -0.39 is 0 Å². The van der Waals surface area contributed by atoms with Crippen molar-refractivity contribution in [2.24, 2.45) is 0 Å². The van der Waals surface area contributed by atoms with E-state index >= 15 is 0 Å². The fourth-order valence-corrected chi connectivity index (χ4v) is 1.69. The molecule has 1 aliphatic carbocycles. The molecule has 0 nitrogen and oxygen atoms in total. The number of allylic oxidation sites excluding steroid dienone is 1. The monoisotopic (exact) mass is 324 g/mol. The van der Waals surface area contributed by atoms with E-state index in [4.69, 9.17) is 0 Å². The van der Waals surface area contributed by atoms with Crippen LogP contribution in [-0.2, 0) is 32.3 Å². The van der Waals surface area contributed by atoms with Crippen LogP contribution in [0.25, 0.3) is 6.08 Å². The van der Waals surface area contributed by atoms with Gasteiger partial charge >= 0.3 is 0 Å². The van der Waals surface area contributed by atoms with Crippen LogP contribution in [0.1, 0.15) is 22.3 Å². The SMILES string of the molecule is Cc1ccc(C)c2c1C=CC2.[Hf]. The van der Waals surface area contributed by atoms with Crippen molar-refractivity contribution >= 4 is 6.08 Å². The summed E-state index contributed by atoms with van der Waals surface area (Å²) < 4.78 is 0. The maximum Gasteiger partial charge on any atom is 0 e. The molecule has 60 valence electrons. The van der Waals surface area contributed by atoms with Gasteiger partial charge in [-0.25, -0.2) is 0 Å². The van der Waals surface area contributed by atoms with Gasteiger partial charge in [0.05, 0.1) is 0 Å². The molecule has 1 heteroatoms. The molecular weight excluding hydrogens is 311 g/mol. The van der Waals surface area contributed by atoms with Crippen molar-refractivity contribution in [1.82, 2.24) is 0 Å². The van der Waals surface area contributed by atoms with E-state index in [1.165, 1.54) is 22.3 Å². The van der Waals surface area contributed by atoms with Gasteiger partial charge in [-0.2, -0.15) is 0 Å². The van der Waals surface area contributed by atoms with Crippen molar-refractivity contribution in [3.05, 3.63) is 40.5 Å². The van der Waals surface area contributed by atoms with Crippen LogP contribution >= 0.6 is 0 Å². The Labute approximate surface area is 92.5 Å². The van der Waals surface area contributed by atoms with Crippen LogP contribution in [0.4, 0.5) is 0 Å². The summed E-state index contributed by atoms with van der Waals surface area (Å²) >= 11 is 0. The van der Waals surface area contributed by atoms with E-state index in [-0.39, 0.29) is 25.8 Å². The predicted octanol–water partition coefficient (Wildman–Crippen LogP) is 2.87. The van der Waals surface area contributed by atoms with Crippen molar-refractivity contribution in [1.29, 1.82) is 0 Å². The number of hydrogen-bond donors (Lipinski definition) is 0. The first kappa shape index (κ1) is 9.91. The molecule has 0 bridgehead atoms. The molecule has 0 amide bonds. The molecule has 0 atom stereocenters. The Morgan fingerprint density at radius 2 is 1.75 bits per heavy atom. The molecule has 0 saturated carbocycles. The molecule has 0 radical (unpaired) electrons. The van der Waals surface area contributed by atoms with Crippen molar-refractivity contribution in [2.75, 3.05) is 0 Å². The fraction of sp³-hybridized carbons (Fsp3) is 0.273. The van der Waals surface area contributed by atoms with Crippen LogP contribution < -0.4 is 0 Å². The molecule has 0 aliphatic heterocycles. The van der Waals surface area contributed by atoms with E-state index in [9.17, 15) is 0 Å². The molecule has 1 aliphatic rings. The summed E-state index contributed by atoms with van der Waals surface area (Å²) in [5.41, 5.74) is 5.80. The van der Waals surface area contributed by atoms with Crippen molar-refractivity contribution < 1.29 is 25.8 Å². The zero-order valence-electron chi connectivity index (χ0n) is 7.52. The van der Waals surface area contributed by atoms with Crippen LogP contribution in [0.5, 0.6) is 0 Å². The molecule has 0 spiro atoms. The Bertz CT molecular complexity index is 324.